The first-order valence-corrected chi connectivity index (χ1v) is 7.95. The van der Waals surface area contributed by atoms with Gasteiger partial charge in [0.2, 0.25) is 0 Å². The monoisotopic (exact) mass is 304 g/mol. The van der Waals surface area contributed by atoms with Crippen molar-refractivity contribution in [1.29, 1.82) is 0 Å². The van der Waals surface area contributed by atoms with Gasteiger partial charge < -0.3 is 19.3 Å². The molecule has 2 heterocycles. The quantitative estimate of drug-likeness (QED) is 0.856. The zero-order chi connectivity index (χ0) is 15.5. The number of likely N-dealkylation sites (tertiary alicyclic amines) is 1. The zero-order valence-electron chi connectivity index (χ0n) is 13.3. The van der Waals surface area contributed by atoms with E-state index in [9.17, 15) is 4.79 Å². The molecule has 1 aromatic carbocycles. The fraction of sp³-hybridized carbons (Fsp3) is 0.588. The third-order valence-electron chi connectivity index (χ3n) is 4.47. The van der Waals surface area contributed by atoms with E-state index >= 15 is 0 Å². The summed E-state index contributed by atoms with van der Waals surface area (Å²) in [6.45, 7) is 2.94. The van der Waals surface area contributed by atoms with Crippen molar-refractivity contribution < 1.29 is 14.3 Å². The van der Waals surface area contributed by atoms with Crippen LogP contribution in [0.2, 0.25) is 0 Å². The van der Waals surface area contributed by atoms with E-state index in [-0.39, 0.29) is 12.2 Å². The predicted molar refractivity (Wildman–Crippen MR) is 85.1 cm³/mol. The second-order valence-electron chi connectivity index (χ2n) is 6.18. The molecule has 0 atom stereocenters. The maximum absolute atomic E-state index is 12.6. The summed E-state index contributed by atoms with van der Waals surface area (Å²) in [5.41, 5.74) is 1.81. The highest BCUT2D eigenvalue weighted by molar-refractivity contribution is 5.95. The minimum absolute atomic E-state index is 0.0608. The van der Waals surface area contributed by atoms with Gasteiger partial charge in [0, 0.05) is 44.4 Å². The lowest BCUT2D eigenvalue weighted by atomic mass is 9.95. The van der Waals surface area contributed by atoms with Crippen LogP contribution in [0.4, 0.5) is 5.69 Å². The van der Waals surface area contributed by atoms with Gasteiger partial charge in [0.1, 0.15) is 0 Å². The molecule has 5 nitrogen and oxygen atoms in total. The molecular formula is C17H24N2O3. The normalized spacial score (nSPS) is 20.4. The van der Waals surface area contributed by atoms with Crippen molar-refractivity contribution in [1.82, 2.24) is 4.90 Å². The Hall–Kier alpha value is -1.59. The fourth-order valence-corrected chi connectivity index (χ4v) is 3.12. The number of piperidine rings is 1. The Kier molecular flexibility index (Phi) is 4.64. The first-order chi connectivity index (χ1) is 10.6. The van der Waals surface area contributed by atoms with E-state index in [0.717, 1.165) is 37.2 Å². The minimum Gasteiger partial charge on any atom is -0.378 e. The Bertz CT molecular complexity index is 518. The summed E-state index contributed by atoms with van der Waals surface area (Å²) in [4.78, 5) is 16.6. The van der Waals surface area contributed by atoms with Gasteiger partial charge in [-0.1, -0.05) is 6.07 Å². The van der Waals surface area contributed by atoms with Crippen molar-refractivity contribution in [2.24, 2.45) is 5.92 Å². The number of hydrogen-bond acceptors (Lipinski definition) is 4. The molecule has 0 N–H and O–H groups in total. The van der Waals surface area contributed by atoms with Crippen molar-refractivity contribution >= 4 is 11.6 Å². The van der Waals surface area contributed by atoms with Crippen LogP contribution >= 0.6 is 0 Å². The molecule has 3 rings (SSSR count). The Morgan fingerprint density at radius 2 is 1.86 bits per heavy atom. The van der Waals surface area contributed by atoms with Crippen molar-refractivity contribution in [2.75, 3.05) is 45.3 Å². The molecule has 2 aliphatic rings. The Morgan fingerprint density at radius 1 is 1.18 bits per heavy atom. The number of rotatable bonds is 3. The number of nitrogens with zero attached hydrogens (tertiary/aromatic N) is 2. The molecular weight excluding hydrogens is 280 g/mol. The molecule has 0 radical (unpaired) electrons. The van der Waals surface area contributed by atoms with Crippen molar-refractivity contribution in [3.8, 4) is 0 Å². The summed E-state index contributed by atoms with van der Waals surface area (Å²) >= 11 is 0. The Balaban J connectivity index is 1.60. The van der Waals surface area contributed by atoms with Gasteiger partial charge in [-0.25, -0.2) is 0 Å². The molecule has 0 bridgehead atoms. The molecule has 2 fully saturated rings. The largest absolute Gasteiger partial charge is 0.378 e. The molecule has 1 aromatic rings. The second kappa shape index (κ2) is 6.67. The SMILES string of the molecule is CN(C)c1cccc(C(=O)N2CCC(C3OCCO3)CC2)c1. The van der Waals surface area contributed by atoms with Gasteiger partial charge in [0.15, 0.2) is 6.29 Å². The van der Waals surface area contributed by atoms with Crippen LogP contribution in [0.1, 0.15) is 23.2 Å². The molecule has 2 aliphatic heterocycles. The summed E-state index contributed by atoms with van der Waals surface area (Å²) in [5, 5.41) is 0. The first kappa shape index (κ1) is 15.3. The van der Waals surface area contributed by atoms with E-state index in [1.165, 1.54) is 0 Å². The van der Waals surface area contributed by atoms with Gasteiger partial charge in [0.25, 0.3) is 5.91 Å². The molecule has 5 heteroatoms. The van der Waals surface area contributed by atoms with Crippen LogP contribution in [-0.4, -0.2) is 57.5 Å². The van der Waals surface area contributed by atoms with Crippen LogP contribution in [0.15, 0.2) is 24.3 Å². The van der Waals surface area contributed by atoms with Gasteiger partial charge in [0.05, 0.1) is 13.2 Å². The van der Waals surface area contributed by atoms with Gasteiger partial charge in [-0.2, -0.15) is 0 Å². The number of ether oxygens (including phenoxy) is 2. The van der Waals surface area contributed by atoms with Crippen molar-refractivity contribution in [3.63, 3.8) is 0 Å². The van der Waals surface area contributed by atoms with Crippen LogP contribution in [0, 0.1) is 5.92 Å². The molecule has 22 heavy (non-hydrogen) atoms. The fourth-order valence-electron chi connectivity index (χ4n) is 3.12. The Labute approximate surface area is 131 Å². The van der Waals surface area contributed by atoms with Crippen molar-refractivity contribution in [2.45, 2.75) is 19.1 Å². The lowest BCUT2D eigenvalue weighted by molar-refractivity contribution is -0.0956. The molecule has 120 valence electrons. The van der Waals surface area contributed by atoms with E-state index < -0.39 is 0 Å². The summed E-state index contributed by atoms with van der Waals surface area (Å²) in [7, 11) is 3.97. The average Bonchev–Trinajstić information content (AvgIpc) is 3.09. The molecule has 1 amide bonds. The first-order valence-electron chi connectivity index (χ1n) is 7.95. The summed E-state index contributed by atoms with van der Waals surface area (Å²) in [6, 6.07) is 7.80. The highest BCUT2D eigenvalue weighted by Crippen LogP contribution is 2.27. The zero-order valence-corrected chi connectivity index (χ0v) is 13.3. The van der Waals surface area contributed by atoms with E-state index in [1.807, 2.05) is 48.2 Å². The highest BCUT2D eigenvalue weighted by Gasteiger charge is 2.32. The van der Waals surface area contributed by atoms with Gasteiger partial charge >= 0.3 is 0 Å². The molecule has 0 unspecified atom stereocenters. The average molecular weight is 304 g/mol. The topological polar surface area (TPSA) is 42.0 Å². The highest BCUT2D eigenvalue weighted by atomic mass is 16.7. The predicted octanol–water partition coefficient (Wildman–Crippen LogP) is 1.98. The lowest BCUT2D eigenvalue weighted by Gasteiger charge is -2.34. The molecule has 0 aromatic heterocycles. The van der Waals surface area contributed by atoms with E-state index in [2.05, 4.69) is 0 Å². The molecule has 0 spiro atoms. The van der Waals surface area contributed by atoms with Crippen LogP contribution in [0.25, 0.3) is 0 Å². The van der Waals surface area contributed by atoms with Crippen LogP contribution in [-0.2, 0) is 9.47 Å². The number of anilines is 1. The summed E-state index contributed by atoms with van der Waals surface area (Å²) in [5.74, 6) is 0.537. The van der Waals surface area contributed by atoms with Gasteiger partial charge in [-0.3, -0.25) is 4.79 Å². The van der Waals surface area contributed by atoms with Crippen LogP contribution in [0.5, 0.6) is 0 Å². The van der Waals surface area contributed by atoms with Gasteiger partial charge in [-0.05, 0) is 31.0 Å². The smallest absolute Gasteiger partial charge is 0.253 e. The molecule has 0 saturated carbocycles. The summed E-state index contributed by atoms with van der Waals surface area (Å²) in [6.07, 6.45) is 1.84. The van der Waals surface area contributed by atoms with Crippen LogP contribution < -0.4 is 4.90 Å². The van der Waals surface area contributed by atoms with E-state index in [0.29, 0.717) is 19.1 Å². The minimum atomic E-state index is -0.0608. The second-order valence-corrected chi connectivity index (χ2v) is 6.18. The maximum Gasteiger partial charge on any atom is 0.253 e. The lowest BCUT2D eigenvalue weighted by Crippen LogP contribution is -2.41. The van der Waals surface area contributed by atoms with Crippen LogP contribution in [0.3, 0.4) is 0 Å². The number of carbonyl (C=O) groups is 1. The molecule has 2 saturated heterocycles. The number of carbonyl (C=O) groups excluding carboxylic acids is 1. The number of benzene rings is 1. The maximum atomic E-state index is 12.6. The third-order valence-corrected chi connectivity index (χ3v) is 4.47. The van der Waals surface area contributed by atoms with E-state index in [1.54, 1.807) is 0 Å². The third kappa shape index (κ3) is 3.25. The standard InChI is InChI=1S/C17H24N2O3/c1-18(2)15-5-3-4-14(12-15)16(20)19-8-6-13(7-9-19)17-21-10-11-22-17/h3-5,12-13,17H,6-11H2,1-2H3. The van der Waals surface area contributed by atoms with Crippen molar-refractivity contribution in [3.05, 3.63) is 29.8 Å². The number of hydrogen-bond donors (Lipinski definition) is 0. The number of amides is 1. The van der Waals surface area contributed by atoms with E-state index in [4.69, 9.17) is 9.47 Å². The summed E-state index contributed by atoms with van der Waals surface area (Å²) < 4.78 is 11.2. The molecule has 0 aliphatic carbocycles. The van der Waals surface area contributed by atoms with Gasteiger partial charge in [-0.15, -0.1) is 0 Å². The Morgan fingerprint density at radius 3 is 2.50 bits per heavy atom.